The van der Waals surface area contributed by atoms with Crippen molar-refractivity contribution in [2.24, 2.45) is 0 Å². The van der Waals surface area contributed by atoms with E-state index in [0.29, 0.717) is 13.2 Å². The van der Waals surface area contributed by atoms with Gasteiger partial charge in [-0.25, -0.2) is 5.01 Å². The van der Waals surface area contributed by atoms with Gasteiger partial charge in [-0.05, 0) is 52.6 Å². The summed E-state index contributed by atoms with van der Waals surface area (Å²) in [5, 5.41) is 8.56. The van der Waals surface area contributed by atoms with Crippen LogP contribution in [0.4, 0.5) is 0 Å². The fourth-order valence-corrected chi connectivity index (χ4v) is 5.91. The van der Waals surface area contributed by atoms with E-state index in [2.05, 4.69) is 51.5 Å². The number of hydrogen-bond acceptors (Lipinski definition) is 5. The number of fused-ring (bicyclic) bond motifs is 1. The van der Waals surface area contributed by atoms with Crippen molar-refractivity contribution in [3.8, 4) is 0 Å². The zero-order chi connectivity index (χ0) is 26.1. The Morgan fingerprint density at radius 3 is 2.11 bits per heavy atom. The second kappa shape index (κ2) is 11.1. The number of benzene rings is 3. The number of hydrogen-bond donors (Lipinski definition) is 1. The lowest BCUT2D eigenvalue weighted by Gasteiger charge is -2.40. The number of nitrogens with one attached hydrogen (secondary N) is 1. The summed E-state index contributed by atoms with van der Waals surface area (Å²) < 4.78 is 0. The average Bonchev–Trinajstić information content (AvgIpc) is 3.28. The third-order valence-corrected chi connectivity index (χ3v) is 8.13. The summed E-state index contributed by atoms with van der Waals surface area (Å²) in [6, 6.07) is 22.8. The molecule has 1 fully saturated rings. The lowest BCUT2D eigenvalue weighted by Crippen LogP contribution is -2.47. The monoisotopic (exact) mass is 547 g/mol. The van der Waals surface area contributed by atoms with Crippen LogP contribution in [0.3, 0.4) is 0 Å². The van der Waals surface area contributed by atoms with E-state index in [0.717, 1.165) is 60.4 Å². The van der Waals surface area contributed by atoms with Gasteiger partial charge in [0.1, 0.15) is 0 Å². The number of piperazine rings is 1. The van der Waals surface area contributed by atoms with Gasteiger partial charge in [-0.3, -0.25) is 24.9 Å². The number of nitrogens with zero attached hydrogens (tertiary/aromatic N) is 4. The Labute approximate surface area is 234 Å². The van der Waals surface area contributed by atoms with Gasteiger partial charge >= 0.3 is 0 Å². The van der Waals surface area contributed by atoms with E-state index in [4.69, 9.17) is 23.2 Å². The molecule has 196 valence electrons. The van der Waals surface area contributed by atoms with Crippen molar-refractivity contribution in [3.63, 3.8) is 0 Å². The van der Waals surface area contributed by atoms with Crippen LogP contribution < -0.4 is 5.32 Å². The van der Waals surface area contributed by atoms with Crippen LogP contribution in [0.5, 0.6) is 0 Å². The molecule has 3 aromatic rings. The molecule has 0 unspecified atom stereocenters. The van der Waals surface area contributed by atoms with Gasteiger partial charge in [-0.2, -0.15) is 0 Å². The van der Waals surface area contributed by atoms with Gasteiger partial charge < -0.3 is 0 Å². The van der Waals surface area contributed by atoms with Crippen LogP contribution in [-0.2, 0) is 13.1 Å². The summed E-state index contributed by atoms with van der Waals surface area (Å²) in [6.07, 6.45) is 4.03. The van der Waals surface area contributed by atoms with E-state index in [1.165, 1.54) is 16.7 Å². The number of halogens is 2. The number of rotatable bonds is 6. The minimum Gasteiger partial charge on any atom is -0.297 e. The molecule has 6 rings (SSSR count). The summed E-state index contributed by atoms with van der Waals surface area (Å²) in [4.78, 5) is 18.0. The van der Waals surface area contributed by atoms with Crippen molar-refractivity contribution < 1.29 is 4.79 Å². The van der Waals surface area contributed by atoms with E-state index in [1.54, 1.807) is 0 Å². The molecule has 0 saturated carbocycles. The van der Waals surface area contributed by atoms with Crippen molar-refractivity contribution in [3.05, 3.63) is 117 Å². The lowest BCUT2D eigenvalue weighted by atomic mass is 9.96. The molecule has 1 saturated heterocycles. The zero-order valence-corrected chi connectivity index (χ0v) is 22.7. The third-order valence-electron chi connectivity index (χ3n) is 7.63. The summed E-state index contributed by atoms with van der Waals surface area (Å²) in [6.45, 7) is 6.86. The predicted molar refractivity (Wildman–Crippen MR) is 152 cm³/mol. The largest absolute Gasteiger partial charge is 0.297 e. The molecule has 3 aliphatic rings. The first-order valence-electron chi connectivity index (χ1n) is 13.1. The Hall–Kier alpha value is -2.87. The first-order valence-corrected chi connectivity index (χ1v) is 13.9. The van der Waals surface area contributed by atoms with Gasteiger partial charge in [0.2, 0.25) is 0 Å². The second-order valence-corrected chi connectivity index (χ2v) is 11.0. The second-order valence-electron chi connectivity index (χ2n) is 10.1. The zero-order valence-electron chi connectivity index (χ0n) is 21.2. The van der Waals surface area contributed by atoms with Crippen molar-refractivity contribution in [2.75, 3.05) is 39.4 Å². The van der Waals surface area contributed by atoms with Crippen LogP contribution >= 0.6 is 23.2 Å². The molecular formula is C30H31Cl2N5O. The molecular weight excluding hydrogens is 517 g/mol. The van der Waals surface area contributed by atoms with Crippen LogP contribution in [-0.4, -0.2) is 65.1 Å². The van der Waals surface area contributed by atoms with Crippen LogP contribution in [0.2, 0.25) is 10.0 Å². The standard InChI is InChI=1S/C30H31Cl2N5O/c31-26-7-3-23(4-8-26)29(24-5-9-27(32)10-6-24)35-16-14-34(15-17-35)19-22-2-11-28-25(18-22)20-37(30(28)38)36-13-1-12-33-21-36/h1-11,13,18,29,33H,12,14-17,19-21H2. The molecule has 0 aliphatic carbocycles. The van der Waals surface area contributed by atoms with Crippen molar-refractivity contribution in [1.29, 1.82) is 0 Å². The topological polar surface area (TPSA) is 42.1 Å². The third kappa shape index (κ3) is 5.33. The van der Waals surface area contributed by atoms with E-state index < -0.39 is 0 Å². The smallest absolute Gasteiger partial charge is 0.273 e. The summed E-state index contributed by atoms with van der Waals surface area (Å²) in [5.74, 6) is 0.0731. The first-order chi connectivity index (χ1) is 18.5. The minimum absolute atomic E-state index is 0.0731. The van der Waals surface area contributed by atoms with Gasteiger partial charge in [-0.15, -0.1) is 0 Å². The van der Waals surface area contributed by atoms with Crippen LogP contribution in [0.25, 0.3) is 0 Å². The maximum Gasteiger partial charge on any atom is 0.273 e. The Balaban J connectivity index is 1.12. The molecule has 38 heavy (non-hydrogen) atoms. The highest BCUT2D eigenvalue weighted by atomic mass is 35.5. The molecule has 3 heterocycles. The molecule has 0 bridgehead atoms. The quantitative estimate of drug-likeness (QED) is 0.462. The molecule has 1 amide bonds. The highest BCUT2D eigenvalue weighted by Crippen LogP contribution is 2.32. The van der Waals surface area contributed by atoms with E-state index in [9.17, 15) is 4.79 Å². The highest BCUT2D eigenvalue weighted by Gasteiger charge is 2.32. The maximum absolute atomic E-state index is 13.0. The van der Waals surface area contributed by atoms with Gasteiger partial charge in [-0.1, -0.05) is 65.7 Å². The van der Waals surface area contributed by atoms with Crippen LogP contribution in [0, 0.1) is 0 Å². The first kappa shape index (κ1) is 25.4. The Bertz CT molecular complexity index is 1270. The fourth-order valence-electron chi connectivity index (χ4n) is 5.66. The molecule has 0 atom stereocenters. The average molecular weight is 549 g/mol. The van der Waals surface area contributed by atoms with Crippen LogP contribution in [0.15, 0.2) is 79.0 Å². The van der Waals surface area contributed by atoms with Crippen molar-refractivity contribution >= 4 is 29.1 Å². The molecule has 8 heteroatoms. The van der Waals surface area contributed by atoms with Crippen molar-refractivity contribution in [2.45, 2.75) is 19.1 Å². The van der Waals surface area contributed by atoms with Gasteiger partial charge in [0.25, 0.3) is 5.91 Å². The van der Waals surface area contributed by atoms with Gasteiger partial charge in [0.05, 0.1) is 19.3 Å². The molecule has 1 N–H and O–H groups in total. The normalized spacial score (nSPS) is 18.4. The summed E-state index contributed by atoms with van der Waals surface area (Å²) >= 11 is 12.4. The Kier molecular flexibility index (Phi) is 7.41. The highest BCUT2D eigenvalue weighted by molar-refractivity contribution is 6.30. The van der Waals surface area contributed by atoms with E-state index in [-0.39, 0.29) is 11.9 Å². The minimum atomic E-state index is 0.0731. The van der Waals surface area contributed by atoms with Gasteiger partial charge in [0, 0.05) is 61.1 Å². The van der Waals surface area contributed by atoms with Crippen molar-refractivity contribution in [1.82, 2.24) is 25.1 Å². The molecule has 3 aromatic carbocycles. The predicted octanol–water partition coefficient (Wildman–Crippen LogP) is 5.15. The number of carbonyl (C=O) groups is 1. The van der Waals surface area contributed by atoms with E-state index in [1.807, 2.05) is 52.6 Å². The summed E-state index contributed by atoms with van der Waals surface area (Å²) in [5.41, 5.74) is 5.64. The molecule has 0 radical (unpaired) electrons. The Morgan fingerprint density at radius 1 is 0.842 bits per heavy atom. The van der Waals surface area contributed by atoms with Gasteiger partial charge in [0.15, 0.2) is 0 Å². The SMILES string of the molecule is O=C1c2ccc(CN3CCN(C(c4ccc(Cl)cc4)c4ccc(Cl)cc4)CC3)cc2CN1N1C=CCNC1. The molecule has 0 aromatic heterocycles. The molecule has 6 nitrogen and oxygen atoms in total. The lowest BCUT2D eigenvalue weighted by molar-refractivity contribution is 0.0142. The summed E-state index contributed by atoms with van der Waals surface area (Å²) in [7, 11) is 0. The van der Waals surface area contributed by atoms with E-state index >= 15 is 0 Å². The number of hydrazine groups is 1. The molecule has 0 spiro atoms. The number of carbonyl (C=O) groups excluding carboxylic acids is 1. The Morgan fingerprint density at radius 2 is 1.50 bits per heavy atom. The molecule has 3 aliphatic heterocycles. The maximum atomic E-state index is 13.0. The van der Waals surface area contributed by atoms with Crippen LogP contribution in [0.1, 0.15) is 38.7 Å². The fraction of sp³-hybridized carbons (Fsp3) is 0.300. The number of amides is 1.